The fourth-order valence-corrected chi connectivity index (χ4v) is 5.40. The van der Waals surface area contributed by atoms with Gasteiger partial charge in [0.2, 0.25) is 5.91 Å². The number of esters is 1. The highest BCUT2D eigenvalue weighted by atomic mass is 16.5. The second-order valence-corrected chi connectivity index (χ2v) is 7.16. The molecule has 4 nitrogen and oxygen atoms in total. The molecule has 3 saturated carbocycles. The molecule has 0 aromatic carbocycles. The lowest BCUT2D eigenvalue weighted by atomic mass is 9.96. The van der Waals surface area contributed by atoms with E-state index in [1.807, 2.05) is 4.90 Å². The average molecular weight is 277 g/mol. The van der Waals surface area contributed by atoms with Crippen LogP contribution in [0.4, 0.5) is 0 Å². The highest BCUT2D eigenvalue weighted by Gasteiger charge is 2.68. The van der Waals surface area contributed by atoms with Crippen LogP contribution in [0.15, 0.2) is 0 Å². The Hall–Kier alpha value is -1.06. The van der Waals surface area contributed by atoms with Gasteiger partial charge in [0.05, 0.1) is 13.0 Å². The largest absolute Gasteiger partial charge is 0.469 e. The van der Waals surface area contributed by atoms with Gasteiger partial charge in [0.15, 0.2) is 0 Å². The van der Waals surface area contributed by atoms with Crippen LogP contribution in [-0.2, 0) is 14.3 Å². The van der Waals surface area contributed by atoms with Gasteiger partial charge in [-0.25, -0.2) is 0 Å². The molecule has 4 heteroatoms. The minimum atomic E-state index is -0.154. The van der Waals surface area contributed by atoms with Gasteiger partial charge in [-0.05, 0) is 55.8 Å². The lowest BCUT2D eigenvalue weighted by molar-refractivity contribution is -0.149. The van der Waals surface area contributed by atoms with Crippen molar-refractivity contribution in [2.75, 3.05) is 20.2 Å². The highest BCUT2D eigenvalue weighted by molar-refractivity contribution is 5.84. The maximum Gasteiger partial charge on any atom is 0.310 e. The number of hydrogen-bond acceptors (Lipinski definition) is 3. The normalized spacial score (nSPS) is 45.1. The minimum Gasteiger partial charge on any atom is -0.469 e. The number of likely N-dealkylation sites (tertiary alicyclic amines) is 1. The molecule has 4 aliphatic rings. The van der Waals surface area contributed by atoms with E-state index in [0.717, 1.165) is 31.2 Å². The SMILES string of the molecule is COC(=O)C1CCCN(C(=O)C2C3C4CCC(C4)C23)C1. The quantitative estimate of drug-likeness (QED) is 0.722. The van der Waals surface area contributed by atoms with Crippen LogP contribution < -0.4 is 0 Å². The van der Waals surface area contributed by atoms with Gasteiger partial charge in [-0.2, -0.15) is 0 Å². The van der Waals surface area contributed by atoms with E-state index in [9.17, 15) is 9.59 Å². The van der Waals surface area contributed by atoms with Crippen LogP contribution in [0.1, 0.15) is 32.1 Å². The number of piperidine rings is 1. The first kappa shape index (κ1) is 12.7. The van der Waals surface area contributed by atoms with Crippen LogP contribution >= 0.6 is 0 Å². The maximum absolute atomic E-state index is 12.7. The smallest absolute Gasteiger partial charge is 0.310 e. The third-order valence-electron chi connectivity index (χ3n) is 6.29. The first-order valence-corrected chi connectivity index (χ1v) is 8.07. The van der Waals surface area contributed by atoms with Gasteiger partial charge in [-0.15, -0.1) is 0 Å². The summed E-state index contributed by atoms with van der Waals surface area (Å²) in [5.74, 6) is 3.44. The van der Waals surface area contributed by atoms with Crippen LogP contribution in [0.5, 0.6) is 0 Å². The van der Waals surface area contributed by atoms with Crippen LogP contribution in [0, 0.1) is 35.5 Å². The molecule has 4 rings (SSSR count). The van der Waals surface area contributed by atoms with Crippen LogP contribution in [0.3, 0.4) is 0 Å². The predicted molar refractivity (Wildman–Crippen MR) is 72.6 cm³/mol. The Labute approximate surface area is 119 Å². The third-order valence-corrected chi connectivity index (χ3v) is 6.29. The zero-order chi connectivity index (χ0) is 13.9. The molecule has 1 amide bonds. The molecule has 1 heterocycles. The lowest BCUT2D eigenvalue weighted by Gasteiger charge is -2.32. The molecule has 0 radical (unpaired) electrons. The number of carbonyl (C=O) groups excluding carboxylic acids is 2. The Kier molecular flexibility index (Phi) is 2.83. The van der Waals surface area contributed by atoms with E-state index in [1.165, 1.54) is 26.4 Å². The van der Waals surface area contributed by atoms with Gasteiger partial charge in [-0.1, -0.05) is 0 Å². The molecule has 0 spiro atoms. The average Bonchev–Trinajstić information content (AvgIpc) is 2.92. The van der Waals surface area contributed by atoms with Crippen molar-refractivity contribution in [3.63, 3.8) is 0 Å². The number of carbonyl (C=O) groups is 2. The Bertz CT molecular complexity index is 433. The van der Waals surface area contributed by atoms with E-state index in [4.69, 9.17) is 4.74 Å². The first-order chi connectivity index (χ1) is 9.70. The van der Waals surface area contributed by atoms with Gasteiger partial charge in [0, 0.05) is 19.0 Å². The molecule has 1 saturated heterocycles. The maximum atomic E-state index is 12.7. The Morgan fingerprint density at radius 1 is 1.10 bits per heavy atom. The monoisotopic (exact) mass is 277 g/mol. The summed E-state index contributed by atoms with van der Waals surface area (Å²) in [5, 5.41) is 0. The molecule has 2 bridgehead atoms. The van der Waals surface area contributed by atoms with E-state index in [-0.39, 0.29) is 11.9 Å². The molecule has 3 aliphatic carbocycles. The second kappa shape index (κ2) is 4.47. The molecule has 0 N–H and O–H groups in total. The molecule has 110 valence electrons. The van der Waals surface area contributed by atoms with Crippen molar-refractivity contribution >= 4 is 11.9 Å². The van der Waals surface area contributed by atoms with Gasteiger partial charge >= 0.3 is 5.97 Å². The fourth-order valence-electron chi connectivity index (χ4n) is 5.40. The van der Waals surface area contributed by atoms with Gasteiger partial charge < -0.3 is 9.64 Å². The van der Waals surface area contributed by atoms with Crippen molar-refractivity contribution in [2.24, 2.45) is 35.5 Å². The summed E-state index contributed by atoms with van der Waals surface area (Å²) >= 11 is 0. The Morgan fingerprint density at radius 2 is 1.80 bits per heavy atom. The summed E-state index contributed by atoms with van der Waals surface area (Å²) in [4.78, 5) is 26.3. The number of amides is 1. The van der Waals surface area contributed by atoms with E-state index < -0.39 is 0 Å². The van der Waals surface area contributed by atoms with Crippen LogP contribution in [-0.4, -0.2) is 37.0 Å². The Morgan fingerprint density at radius 3 is 2.45 bits per heavy atom. The molecular formula is C16H23NO3. The van der Waals surface area contributed by atoms with Crippen molar-refractivity contribution in [3.8, 4) is 0 Å². The molecule has 1 aliphatic heterocycles. The summed E-state index contributed by atoms with van der Waals surface area (Å²) in [7, 11) is 1.44. The standard InChI is InChI=1S/C16H23NO3/c1-20-16(19)11-3-2-6-17(8-11)15(18)14-12-9-4-5-10(7-9)13(12)14/h9-14H,2-8H2,1H3. The lowest BCUT2D eigenvalue weighted by Crippen LogP contribution is -2.44. The topological polar surface area (TPSA) is 46.6 Å². The summed E-state index contributed by atoms with van der Waals surface area (Å²) in [6.07, 6.45) is 5.87. The van der Waals surface area contributed by atoms with Crippen LogP contribution in [0.2, 0.25) is 0 Å². The number of fused-ring (bicyclic) bond motifs is 5. The van der Waals surface area contributed by atoms with Crippen molar-refractivity contribution in [3.05, 3.63) is 0 Å². The summed E-state index contributed by atoms with van der Waals surface area (Å²) < 4.78 is 4.84. The summed E-state index contributed by atoms with van der Waals surface area (Å²) in [6, 6.07) is 0. The fraction of sp³-hybridized carbons (Fsp3) is 0.875. The molecule has 5 atom stereocenters. The molecule has 20 heavy (non-hydrogen) atoms. The van der Waals surface area contributed by atoms with Crippen molar-refractivity contribution in [1.29, 1.82) is 0 Å². The van der Waals surface area contributed by atoms with E-state index >= 15 is 0 Å². The zero-order valence-electron chi connectivity index (χ0n) is 12.1. The number of rotatable bonds is 2. The Balaban J connectivity index is 1.41. The minimum absolute atomic E-state index is 0.104. The van der Waals surface area contributed by atoms with E-state index in [2.05, 4.69) is 0 Å². The molecular weight excluding hydrogens is 254 g/mol. The first-order valence-electron chi connectivity index (χ1n) is 8.07. The molecule has 4 fully saturated rings. The number of methoxy groups -OCH3 is 1. The third kappa shape index (κ3) is 1.73. The number of ether oxygens (including phenoxy) is 1. The van der Waals surface area contributed by atoms with E-state index in [0.29, 0.717) is 30.2 Å². The molecule has 0 aromatic rings. The number of hydrogen-bond donors (Lipinski definition) is 0. The van der Waals surface area contributed by atoms with E-state index in [1.54, 1.807) is 0 Å². The number of nitrogens with zero attached hydrogens (tertiary/aromatic N) is 1. The zero-order valence-corrected chi connectivity index (χ0v) is 12.1. The van der Waals surface area contributed by atoms with Gasteiger partial charge in [0.25, 0.3) is 0 Å². The summed E-state index contributed by atoms with van der Waals surface area (Å²) in [5.41, 5.74) is 0. The predicted octanol–water partition coefficient (Wildman–Crippen LogP) is 1.69. The van der Waals surface area contributed by atoms with Crippen molar-refractivity contribution in [2.45, 2.75) is 32.1 Å². The molecule has 5 unspecified atom stereocenters. The van der Waals surface area contributed by atoms with Gasteiger partial charge in [-0.3, -0.25) is 9.59 Å². The second-order valence-electron chi connectivity index (χ2n) is 7.16. The van der Waals surface area contributed by atoms with Crippen molar-refractivity contribution < 1.29 is 14.3 Å². The van der Waals surface area contributed by atoms with Crippen LogP contribution in [0.25, 0.3) is 0 Å². The highest BCUT2D eigenvalue weighted by Crippen LogP contribution is 2.69. The van der Waals surface area contributed by atoms with Gasteiger partial charge in [0.1, 0.15) is 0 Å². The van der Waals surface area contributed by atoms with Crippen molar-refractivity contribution in [1.82, 2.24) is 4.90 Å². The molecule has 0 aromatic heterocycles. The summed E-state index contributed by atoms with van der Waals surface area (Å²) in [6.45, 7) is 1.41.